The van der Waals surface area contributed by atoms with Gasteiger partial charge in [0.15, 0.2) is 0 Å². The topological polar surface area (TPSA) is 41.1 Å². The molecule has 0 bridgehead atoms. The molecule has 0 spiro atoms. The van der Waals surface area contributed by atoms with Crippen molar-refractivity contribution >= 4 is 5.91 Å². The molecule has 2 unspecified atom stereocenters. The lowest BCUT2D eigenvalue weighted by atomic mass is 9.81. The van der Waals surface area contributed by atoms with Gasteiger partial charge in [0.05, 0.1) is 0 Å². The number of rotatable bonds is 3. The first-order valence-corrected chi connectivity index (χ1v) is 7.11. The Kier molecular flexibility index (Phi) is 4.08. The van der Waals surface area contributed by atoms with Crippen LogP contribution in [0.15, 0.2) is 0 Å². The monoisotopic (exact) mass is 238 g/mol. The van der Waals surface area contributed by atoms with Gasteiger partial charge < -0.3 is 10.6 Å². The normalized spacial score (nSPS) is 32.4. The molecule has 0 aromatic heterocycles. The highest BCUT2D eigenvalue weighted by atomic mass is 16.1. The van der Waals surface area contributed by atoms with E-state index in [2.05, 4.69) is 24.5 Å². The molecule has 0 radical (unpaired) electrons. The molecule has 2 atom stereocenters. The van der Waals surface area contributed by atoms with Crippen LogP contribution in [0.5, 0.6) is 0 Å². The van der Waals surface area contributed by atoms with Crippen molar-refractivity contribution in [1.82, 2.24) is 10.6 Å². The van der Waals surface area contributed by atoms with E-state index in [0.29, 0.717) is 6.04 Å². The van der Waals surface area contributed by atoms with Gasteiger partial charge in [-0.3, -0.25) is 4.79 Å². The summed E-state index contributed by atoms with van der Waals surface area (Å²) in [5.41, 5.74) is 0.198. The van der Waals surface area contributed by atoms with E-state index in [-0.39, 0.29) is 17.2 Å². The summed E-state index contributed by atoms with van der Waals surface area (Å²) in [5, 5.41) is 6.62. The lowest BCUT2D eigenvalue weighted by Crippen LogP contribution is -2.46. The third-order valence-corrected chi connectivity index (χ3v) is 4.51. The van der Waals surface area contributed by atoms with Crippen molar-refractivity contribution in [3.8, 4) is 0 Å². The molecule has 2 rings (SSSR count). The summed E-state index contributed by atoms with van der Waals surface area (Å²) in [7, 11) is 0. The minimum atomic E-state index is 0.198. The third kappa shape index (κ3) is 3.21. The Hall–Kier alpha value is -0.570. The van der Waals surface area contributed by atoms with E-state index >= 15 is 0 Å². The molecule has 98 valence electrons. The quantitative estimate of drug-likeness (QED) is 0.790. The second-order valence-corrected chi connectivity index (χ2v) is 6.33. The van der Waals surface area contributed by atoms with E-state index < -0.39 is 0 Å². The molecule has 1 aliphatic carbocycles. The van der Waals surface area contributed by atoms with Gasteiger partial charge in [0.1, 0.15) is 0 Å². The summed E-state index contributed by atoms with van der Waals surface area (Å²) in [6, 6.07) is 0.497. The highest BCUT2D eigenvalue weighted by molar-refractivity contribution is 5.79. The lowest BCUT2D eigenvalue weighted by Gasteiger charge is -2.28. The number of hydrogen-bond donors (Lipinski definition) is 2. The minimum absolute atomic E-state index is 0.198. The average Bonchev–Trinajstić information content (AvgIpc) is 2.67. The zero-order valence-electron chi connectivity index (χ0n) is 11.2. The standard InChI is InChI=1S/C14H26N2O/c1-14(2)8-5-7-12(14)13(17)16-10-11-6-3-4-9-15-11/h11-12,15H,3-10H2,1-2H3,(H,16,17). The van der Waals surface area contributed by atoms with Gasteiger partial charge in [-0.2, -0.15) is 0 Å². The van der Waals surface area contributed by atoms with Crippen molar-refractivity contribution in [1.29, 1.82) is 0 Å². The molecule has 1 saturated carbocycles. The molecule has 3 heteroatoms. The molecule has 1 amide bonds. The van der Waals surface area contributed by atoms with Crippen molar-refractivity contribution < 1.29 is 4.79 Å². The number of amides is 1. The first kappa shape index (κ1) is 12.9. The van der Waals surface area contributed by atoms with Crippen molar-refractivity contribution in [2.45, 2.75) is 58.4 Å². The molecule has 17 heavy (non-hydrogen) atoms. The fraction of sp³-hybridized carbons (Fsp3) is 0.929. The third-order valence-electron chi connectivity index (χ3n) is 4.51. The Morgan fingerprint density at radius 1 is 1.29 bits per heavy atom. The first-order valence-electron chi connectivity index (χ1n) is 7.11. The van der Waals surface area contributed by atoms with Crippen molar-refractivity contribution in [2.75, 3.05) is 13.1 Å². The summed E-state index contributed by atoms with van der Waals surface area (Å²) in [4.78, 5) is 12.2. The van der Waals surface area contributed by atoms with Crippen molar-refractivity contribution in [2.24, 2.45) is 11.3 Å². The predicted octanol–water partition coefficient (Wildman–Crippen LogP) is 2.07. The molecule has 2 aliphatic rings. The van der Waals surface area contributed by atoms with Gasteiger partial charge in [-0.1, -0.05) is 26.7 Å². The van der Waals surface area contributed by atoms with Crippen LogP contribution in [0, 0.1) is 11.3 Å². The fourth-order valence-corrected chi connectivity index (χ4v) is 3.26. The van der Waals surface area contributed by atoms with Crippen LogP contribution in [0.3, 0.4) is 0 Å². The fourth-order valence-electron chi connectivity index (χ4n) is 3.26. The Bertz CT molecular complexity index is 269. The Morgan fingerprint density at radius 2 is 2.12 bits per heavy atom. The van der Waals surface area contributed by atoms with E-state index in [1.165, 1.54) is 32.1 Å². The second-order valence-electron chi connectivity index (χ2n) is 6.33. The van der Waals surface area contributed by atoms with Crippen LogP contribution in [0.2, 0.25) is 0 Å². The maximum absolute atomic E-state index is 12.2. The van der Waals surface area contributed by atoms with Gasteiger partial charge in [-0.05, 0) is 37.6 Å². The predicted molar refractivity (Wildman–Crippen MR) is 69.8 cm³/mol. The Morgan fingerprint density at radius 3 is 2.71 bits per heavy atom. The van der Waals surface area contributed by atoms with Crippen LogP contribution < -0.4 is 10.6 Å². The highest BCUT2D eigenvalue weighted by Crippen LogP contribution is 2.42. The Balaban J connectivity index is 1.77. The molecule has 1 saturated heterocycles. The summed E-state index contributed by atoms with van der Waals surface area (Å²) in [6.07, 6.45) is 7.23. The molecule has 2 fully saturated rings. The van der Waals surface area contributed by atoms with E-state index in [1.54, 1.807) is 0 Å². The molecule has 2 N–H and O–H groups in total. The molecule has 0 aromatic carbocycles. The molecule has 0 aromatic rings. The van der Waals surface area contributed by atoms with Crippen LogP contribution in [0.4, 0.5) is 0 Å². The van der Waals surface area contributed by atoms with Crippen molar-refractivity contribution in [3.05, 3.63) is 0 Å². The van der Waals surface area contributed by atoms with Crippen LogP contribution in [-0.4, -0.2) is 25.0 Å². The number of carbonyl (C=O) groups is 1. The highest BCUT2D eigenvalue weighted by Gasteiger charge is 2.39. The lowest BCUT2D eigenvalue weighted by molar-refractivity contribution is -0.127. The summed E-state index contributed by atoms with van der Waals surface area (Å²) in [5.74, 6) is 0.506. The van der Waals surface area contributed by atoms with Crippen LogP contribution in [0.1, 0.15) is 52.4 Å². The molecular weight excluding hydrogens is 212 g/mol. The maximum Gasteiger partial charge on any atom is 0.223 e. The van der Waals surface area contributed by atoms with Gasteiger partial charge >= 0.3 is 0 Å². The Labute approximate surface area is 105 Å². The average molecular weight is 238 g/mol. The first-order chi connectivity index (χ1) is 8.09. The summed E-state index contributed by atoms with van der Waals surface area (Å²) < 4.78 is 0. The zero-order valence-corrected chi connectivity index (χ0v) is 11.2. The van der Waals surface area contributed by atoms with Gasteiger partial charge in [0.25, 0.3) is 0 Å². The maximum atomic E-state index is 12.2. The molecular formula is C14H26N2O. The summed E-state index contributed by atoms with van der Waals surface area (Å²) >= 11 is 0. The van der Waals surface area contributed by atoms with E-state index in [1.807, 2.05) is 0 Å². The van der Waals surface area contributed by atoms with Gasteiger partial charge in [0, 0.05) is 18.5 Å². The van der Waals surface area contributed by atoms with E-state index in [0.717, 1.165) is 19.5 Å². The van der Waals surface area contributed by atoms with Crippen LogP contribution in [-0.2, 0) is 4.79 Å². The number of nitrogens with one attached hydrogen (secondary N) is 2. The van der Waals surface area contributed by atoms with E-state index in [9.17, 15) is 4.79 Å². The number of hydrogen-bond acceptors (Lipinski definition) is 2. The van der Waals surface area contributed by atoms with Gasteiger partial charge in [-0.15, -0.1) is 0 Å². The van der Waals surface area contributed by atoms with E-state index in [4.69, 9.17) is 0 Å². The van der Waals surface area contributed by atoms with Gasteiger partial charge in [0.2, 0.25) is 5.91 Å². The zero-order chi connectivity index (χ0) is 12.3. The van der Waals surface area contributed by atoms with Crippen LogP contribution >= 0.6 is 0 Å². The molecule has 1 aliphatic heterocycles. The number of carbonyl (C=O) groups excluding carboxylic acids is 1. The second kappa shape index (κ2) is 5.38. The van der Waals surface area contributed by atoms with Crippen LogP contribution in [0.25, 0.3) is 0 Å². The van der Waals surface area contributed by atoms with Crippen molar-refractivity contribution in [3.63, 3.8) is 0 Å². The SMILES string of the molecule is CC1(C)CCCC1C(=O)NCC1CCCCN1. The minimum Gasteiger partial charge on any atom is -0.354 e. The largest absolute Gasteiger partial charge is 0.354 e. The molecule has 1 heterocycles. The number of piperidine rings is 1. The molecule has 3 nitrogen and oxygen atoms in total. The van der Waals surface area contributed by atoms with Gasteiger partial charge in [-0.25, -0.2) is 0 Å². The summed E-state index contributed by atoms with van der Waals surface area (Å²) in [6.45, 7) is 6.37. The smallest absolute Gasteiger partial charge is 0.223 e.